The van der Waals surface area contributed by atoms with Gasteiger partial charge in [-0.2, -0.15) is 10.4 Å². The van der Waals surface area contributed by atoms with Gasteiger partial charge in [-0.1, -0.05) is 22.0 Å². The molecule has 0 bridgehead atoms. The van der Waals surface area contributed by atoms with Crippen molar-refractivity contribution in [2.24, 2.45) is 0 Å². The summed E-state index contributed by atoms with van der Waals surface area (Å²) in [5, 5.41) is 16.8. The molecule has 4 nitrogen and oxygen atoms in total. The van der Waals surface area contributed by atoms with Crippen LogP contribution in [0, 0.1) is 11.3 Å². The van der Waals surface area contributed by atoms with E-state index in [9.17, 15) is 0 Å². The summed E-state index contributed by atoms with van der Waals surface area (Å²) in [5.41, 5.74) is 3.69. The predicted octanol–water partition coefficient (Wildman–Crippen LogP) is 2.15. The Kier molecular flexibility index (Phi) is 2.90. The van der Waals surface area contributed by atoms with Crippen molar-refractivity contribution in [1.82, 2.24) is 15.1 Å². The lowest BCUT2D eigenvalue weighted by molar-refractivity contribution is 0.622. The molecule has 0 saturated heterocycles. The normalized spacial score (nSPS) is 14.0. The maximum Gasteiger partial charge on any atom is 0.167 e. The monoisotopic (exact) mass is 302 g/mol. The lowest BCUT2D eigenvalue weighted by Crippen LogP contribution is -2.24. The highest BCUT2D eigenvalue weighted by Crippen LogP contribution is 2.23. The van der Waals surface area contributed by atoms with E-state index in [1.165, 1.54) is 0 Å². The third kappa shape index (κ3) is 1.84. The average molecular weight is 303 g/mol. The van der Waals surface area contributed by atoms with E-state index in [1.807, 2.05) is 28.9 Å². The van der Waals surface area contributed by atoms with Crippen molar-refractivity contribution in [2.75, 3.05) is 6.54 Å². The van der Waals surface area contributed by atoms with Crippen molar-refractivity contribution >= 4 is 15.9 Å². The molecule has 90 valence electrons. The van der Waals surface area contributed by atoms with E-state index in [4.69, 9.17) is 5.26 Å². The van der Waals surface area contributed by atoms with Gasteiger partial charge in [0.2, 0.25) is 0 Å². The van der Waals surface area contributed by atoms with Crippen molar-refractivity contribution in [2.45, 2.75) is 13.0 Å². The van der Waals surface area contributed by atoms with E-state index in [1.54, 1.807) is 0 Å². The number of aromatic nitrogens is 2. The molecule has 0 atom stereocenters. The van der Waals surface area contributed by atoms with Gasteiger partial charge in [0.25, 0.3) is 0 Å². The Morgan fingerprint density at radius 1 is 1.44 bits per heavy atom. The highest BCUT2D eigenvalue weighted by atomic mass is 79.9. The van der Waals surface area contributed by atoms with Crippen LogP contribution in [0.4, 0.5) is 0 Å². The third-order valence-corrected chi connectivity index (χ3v) is 3.58. The minimum Gasteiger partial charge on any atom is -0.312 e. The molecule has 2 heterocycles. The molecule has 0 unspecified atom stereocenters. The first-order valence-corrected chi connectivity index (χ1v) is 6.56. The molecule has 0 aliphatic carbocycles. The summed E-state index contributed by atoms with van der Waals surface area (Å²) in [7, 11) is 0. The maximum atomic E-state index is 9.15. The second-order valence-electron chi connectivity index (χ2n) is 4.20. The molecule has 0 saturated carbocycles. The fourth-order valence-corrected chi connectivity index (χ4v) is 2.65. The Labute approximate surface area is 113 Å². The number of halogens is 1. The molecule has 0 fully saturated rings. The summed E-state index contributed by atoms with van der Waals surface area (Å²) >= 11 is 3.46. The standard InChI is InChI=1S/C13H11BrN4/c14-9-2-1-3-10(6-9)18-13-4-5-16-8-11(13)12(7-15)17-18/h1-3,6,16H,4-5,8H2. The Morgan fingerprint density at radius 2 is 2.33 bits per heavy atom. The molecule has 0 spiro atoms. The summed E-state index contributed by atoms with van der Waals surface area (Å²) in [4.78, 5) is 0. The van der Waals surface area contributed by atoms with Gasteiger partial charge in [0.05, 0.1) is 11.4 Å². The molecule has 1 aromatic heterocycles. The molecule has 1 N–H and O–H groups in total. The first-order chi connectivity index (χ1) is 8.79. The summed E-state index contributed by atoms with van der Waals surface area (Å²) in [5.74, 6) is 0. The topological polar surface area (TPSA) is 53.6 Å². The third-order valence-electron chi connectivity index (χ3n) is 3.09. The number of nitriles is 1. The minimum atomic E-state index is 0.525. The van der Waals surface area contributed by atoms with Crippen LogP contribution in [0.5, 0.6) is 0 Å². The zero-order chi connectivity index (χ0) is 12.5. The number of nitrogens with zero attached hydrogens (tertiary/aromatic N) is 3. The van der Waals surface area contributed by atoms with E-state index >= 15 is 0 Å². The Bertz CT molecular complexity index is 639. The fraction of sp³-hybridized carbons (Fsp3) is 0.231. The van der Waals surface area contributed by atoms with Gasteiger partial charge in [0.1, 0.15) is 6.07 Å². The molecule has 18 heavy (non-hydrogen) atoms. The second kappa shape index (κ2) is 4.56. The SMILES string of the molecule is N#Cc1nn(-c2cccc(Br)c2)c2c1CNCC2. The van der Waals surface area contributed by atoms with Crippen molar-refractivity contribution in [3.63, 3.8) is 0 Å². The number of rotatable bonds is 1. The van der Waals surface area contributed by atoms with Crippen LogP contribution in [-0.2, 0) is 13.0 Å². The van der Waals surface area contributed by atoms with Crippen LogP contribution >= 0.6 is 15.9 Å². The smallest absolute Gasteiger partial charge is 0.167 e. The maximum absolute atomic E-state index is 9.15. The Hall–Kier alpha value is -1.64. The molecule has 3 rings (SSSR count). The zero-order valence-corrected chi connectivity index (χ0v) is 11.2. The van der Waals surface area contributed by atoms with E-state index < -0.39 is 0 Å². The summed E-state index contributed by atoms with van der Waals surface area (Å²) < 4.78 is 2.90. The summed E-state index contributed by atoms with van der Waals surface area (Å²) in [6.45, 7) is 1.66. The second-order valence-corrected chi connectivity index (χ2v) is 5.12. The molecule has 2 aromatic rings. The van der Waals surface area contributed by atoms with Gasteiger partial charge in [0.15, 0.2) is 5.69 Å². The van der Waals surface area contributed by atoms with Gasteiger partial charge < -0.3 is 5.32 Å². The van der Waals surface area contributed by atoms with Crippen LogP contribution in [0.1, 0.15) is 17.0 Å². The lowest BCUT2D eigenvalue weighted by atomic mass is 10.1. The lowest BCUT2D eigenvalue weighted by Gasteiger charge is -2.15. The predicted molar refractivity (Wildman–Crippen MR) is 71.4 cm³/mol. The summed E-state index contributed by atoms with van der Waals surface area (Å²) in [6, 6.07) is 10.1. The molecule has 0 radical (unpaired) electrons. The van der Waals surface area contributed by atoms with E-state index in [0.29, 0.717) is 5.69 Å². The molecule has 1 aliphatic heterocycles. The zero-order valence-electron chi connectivity index (χ0n) is 9.65. The molecule has 5 heteroatoms. The van der Waals surface area contributed by atoms with Crippen molar-refractivity contribution in [3.8, 4) is 11.8 Å². The molecule has 0 amide bonds. The minimum absolute atomic E-state index is 0.525. The van der Waals surface area contributed by atoms with E-state index in [0.717, 1.165) is 40.9 Å². The number of fused-ring (bicyclic) bond motifs is 1. The van der Waals surface area contributed by atoms with E-state index in [-0.39, 0.29) is 0 Å². The van der Waals surface area contributed by atoms with Crippen molar-refractivity contribution in [3.05, 3.63) is 45.7 Å². The van der Waals surface area contributed by atoms with Crippen molar-refractivity contribution < 1.29 is 0 Å². The van der Waals surface area contributed by atoms with Gasteiger partial charge >= 0.3 is 0 Å². The fourth-order valence-electron chi connectivity index (χ4n) is 2.26. The number of hydrogen-bond donors (Lipinski definition) is 1. The van der Waals surface area contributed by atoms with Crippen molar-refractivity contribution in [1.29, 1.82) is 5.26 Å². The van der Waals surface area contributed by atoms with Crippen LogP contribution in [0.3, 0.4) is 0 Å². The van der Waals surface area contributed by atoms with Gasteiger partial charge in [-0.15, -0.1) is 0 Å². The largest absolute Gasteiger partial charge is 0.312 e. The number of benzene rings is 1. The summed E-state index contributed by atoms with van der Waals surface area (Å²) in [6.07, 6.45) is 0.899. The van der Waals surface area contributed by atoms with Gasteiger partial charge in [-0.05, 0) is 18.2 Å². The van der Waals surface area contributed by atoms with Crippen LogP contribution in [0.15, 0.2) is 28.7 Å². The average Bonchev–Trinajstić information content (AvgIpc) is 2.77. The molecular formula is C13H11BrN4. The number of hydrogen-bond acceptors (Lipinski definition) is 3. The Morgan fingerprint density at radius 3 is 3.11 bits per heavy atom. The first-order valence-electron chi connectivity index (χ1n) is 5.77. The van der Waals surface area contributed by atoms with Crippen LogP contribution in [0.25, 0.3) is 5.69 Å². The van der Waals surface area contributed by atoms with E-state index in [2.05, 4.69) is 32.4 Å². The molecule has 1 aromatic carbocycles. The quantitative estimate of drug-likeness (QED) is 0.878. The first kappa shape index (κ1) is 11.5. The molecular weight excluding hydrogens is 292 g/mol. The highest BCUT2D eigenvalue weighted by Gasteiger charge is 2.21. The highest BCUT2D eigenvalue weighted by molar-refractivity contribution is 9.10. The Balaban J connectivity index is 2.18. The van der Waals surface area contributed by atoms with Crippen LogP contribution in [0.2, 0.25) is 0 Å². The van der Waals surface area contributed by atoms with Gasteiger partial charge in [-0.3, -0.25) is 0 Å². The number of nitrogens with one attached hydrogen (secondary N) is 1. The molecule has 1 aliphatic rings. The van der Waals surface area contributed by atoms with Gasteiger partial charge in [0, 0.05) is 29.5 Å². The van der Waals surface area contributed by atoms with Crippen LogP contribution in [-0.4, -0.2) is 16.3 Å². The van der Waals surface area contributed by atoms with Gasteiger partial charge in [-0.25, -0.2) is 4.68 Å². The van der Waals surface area contributed by atoms with Crippen LogP contribution < -0.4 is 5.32 Å².